The number of hydrogen-bond donors (Lipinski definition) is 1. The van der Waals surface area contributed by atoms with Crippen LogP contribution in [0, 0.1) is 15.7 Å². The molecule has 17 heavy (non-hydrogen) atoms. The standard InChI is InChI=1S/C12H18N2O3/c1-10(5-3-4-8-15)9-11(2)12(14-17)6-7-13-16/h3-5,8-9,11-12,15H,6-7H2,1-2H3/b5-3+,8-4+,10-9+/t11-,12-/m0/s1. The number of aliphatic hydroxyl groups is 1. The summed E-state index contributed by atoms with van der Waals surface area (Å²) in [5.74, 6) is -0.0444. The van der Waals surface area contributed by atoms with E-state index < -0.39 is 6.04 Å². The van der Waals surface area contributed by atoms with Gasteiger partial charge in [-0.1, -0.05) is 41.1 Å². The molecule has 0 aliphatic heterocycles. The summed E-state index contributed by atoms with van der Waals surface area (Å²) in [6, 6.07) is -0.426. The van der Waals surface area contributed by atoms with E-state index in [1.54, 1.807) is 6.08 Å². The van der Waals surface area contributed by atoms with Gasteiger partial charge in [0.25, 0.3) is 0 Å². The molecule has 0 spiro atoms. The van der Waals surface area contributed by atoms with Crippen molar-refractivity contribution in [2.75, 3.05) is 6.54 Å². The van der Waals surface area contributed by atoms with Gasteiger partial charge in [0, 0.05) is 5.92 Å². The molecule has 5 heteroatoms. The smallest absolute Gasteiger partial charge is 0.0998 e. The molecule has 0 aromatic heterocycles. The molecule has 0 aliphatic carbocycles. The Morgan fingerprint density at radius 2 is 2.06 bits per heavy atom. The minimum Gasteiger partial charge on any atom is -0.516 e. The van der Waals surface area contributed by atoms with Crippen LogP contribution in [-0.2, 0) is 0 Å². The predicted octanol–water partition coefficient (Wildman–Crippen LogP) is 3.49. The van der Waals surface area contributed by atoms with Crippen LogP contribution >= 0.6 is 0 Å². The first-order valence-electron chi connectivity index (χ1n) is 5.43. The molecule has 0 saturated carbocycles. The highest BCUT2D eigenvalue weighted by molar-refractivity contribution is 5.20. The van der Waals surface area contributed by atoms with Gasteiger partial charge in [0.05, 0.1) is 18.8 Å². The average molecular weight is 238 g/mol. The van der Waals surface area contributed by atoms with Crippen molar-refractivity contribution in [3.63, 3.8) is 0 Å². The Labute approximate surface area is 101 Å². The lowest BCUT2D eigenvalue weighted by atomic mass is 9.97. The first-order chi connectivity index (χ1) is 8.15. The summed E-state index contributed by atoms with van der Waals surface area (Å²) < 4.78 is 0. The summed E-state index contributed by atoms with van der Waals surface area (Å²) in [6.07, 6.45) is 8.21. The lowest BCUT2D eigenvalue weighted by Gasteiger charge is -2.12. The van der Waals surface area contributed by atoms with Gasteiger partial charge in [0.1, 0.15) is 0 Å². The second kappa shape index (κ2) is 9.45. The lowest BCUT2D eigenvalue weighted by molar-refractivity contribution is 0.474. The van der Waals surface area contributed by atoms with Crippen LogP contribution in [0.25, 0.3) is 0 Å². The third kappa shape index (κ3) is 7.16. The average Bonchev–Trinajstić information content (AvgIpc) is 2.30. The quantitative estimate of drug-likeness (QED) is 0.399. The van der Waals surface area contributed by atoms with Crippen molar-refractivity contribution in [3.05, 3.63) is 46.0 Å². The van der Waals surface area contributed by atoms with Crippen LogP contribution in [0.15, 0.2) is 46.5 Å². The molecule has 0 saturated heterocycles. The molecule has 0 rings (SSSR count). The Balaban J connectivity index is 4.45. The predicted molar refractivity (Wildman–Crippen MR) is 68.7 cm³/mol. The summed E-state index contributed by atoms with van der Waals surface area (Å²) in [5.41, 5.74) is 0.961. The molecule has 0 bridgehead atoms. The van der Waals surface area contributed by atoms with Crippen LogP contribution in [0.3, 0.4) is 0 Å². The zero-order chi connectivity index (χ0) is 13.1. The molecule has 0 fully saturated rings. The number of aliphatic hydroxyl groups excluding tert-OH is 1. The minimum absolute atomic E-state index is 0.0444. The third-order valence-corrected chi connectivity index (χ3v) is 2.34. The van der Waals surface area contributed by atoms with Crippen molar-refractivity contribution in [1.82, 2.24) is 0 Å². The van der Waals surface area contributed by atoms with Gasteiger partial charge in [-0.05, 0) is 19.4 Å². The number of rotatable bonds is 8. The molecular weight excluding hydrogens is 220 g/mol. The van der Waals surface area contributed by atoms with Crippen molar-refractivity contribution < 1.29 is 5.11 Å². The number of nitroso groups, excluding NO2 is 2. The van der Waals surface area contributed by atoms with Gasteiger partial charge in [-0.15, -0.1) is 0 Å². The fraction of sp³-hybridized carbons (Fsp3) is 0.500. The molecule has 0 aromatic rings. The fourth-order valence-corrected chi connectivity index (χ4v) is 1.43. The van der Waals surface area contributed by atoms with Gasteiger partial charge < -0.3 is 5.11 Å². The molecule has 0 amide bonds. The zero-order valence-corrected chi connectivity index (χ0v) is 10.1. The van der Waals surface area contributed by atoms with Crippen molar-refractivity contribution in [1.29, 1.82) is 0 Å². The van der Waals surface area contributed by atoms with Gasteiger partial charge in [-0.2, -0.15) is 9.81 Å². The van der Waals surface area contributed by atoms with E-state index in [4.69, 9.17) is 5.11 Å². The van der Waals surface area contributed by atoms with E-state index in [2.05, 4.69) is 10.4 Å². The van der Waals surface area contributed by atoms with Crippen LogP contribution < -0.4 is 0 Å². The maximum Gasteiger partial charge on any atom is 0.0998 e. The van der Waals surface area contributed by atoms with Crippen LogP contribution in [0.1, 0.15) is 20.3 Å². The fourth-order valence-electron chi connectivity index (χ4n) is 1.43. The highest BCUT2D eigenvalue weighted by Gasteiger charge is 2.15. The van der Waals surface area contributed by atoms with E-state index in [9.17, 15) is 9.81 Å². The van der Waals surface area contributed by atoms with E-state index in [1.165, 1.54) is 6.08 Å². The molecule has 5 nitrogen and oxygen atoms in total. The Bertz CT molecular complexity index is 322. The summed E-state index contributed by atoms with van der Waals surface area (Å²) in [6.45, 7) is 3.87. The SMILES string of the molecule is CC(/C=C/C=C/O)=C\[C@H](C)[C@H](CCN=O)N=O. The van der Waals surface area contributed by atoms with Crippen molar-refractivity contribution in [2.45, 2.75) is 26.3 Å². The summed E-state index contributed by atoms with van der Waals surface area (Å²) in [4.78, 5) is 20.6. The third-order valence-electron chi connectivity index (χ3n) is 2.34. The van der Waals surface area contributed by atoms with Crippen LogP contribution in [0.4, 0.5) is 0 Å². The summed E-state index contributed by atoms with van der Waals surface area (Å²) in [5, 5.41) is 14.2. The number of allylic oxidation sites excluding steroid dienone is 4. The second-order valence-corrected chi connectivity index (χ2v) is 3.78. The number of hydrogen-bond acceptors (Lipinski definition) is 5. The summed E-state index contributed by atoms with van der Waals surface area (Å²) in [7, 11) is 0. The largest absolute Gasteiger partial charge is 0.516 e. The van der Waals surface area contributed by atoms with Gasteiger partial charge in [-0.25, -0.2) is 0 Å². The van der Waals surface area contributed by atoms with E-state index in [0.29, 0.717) is 6.42 Å². The van der Waals surface area contributed by atoms with E-state index in [-0.39, 0.29) is 12.5 Å². The molecular formula is C12H18N2O3. The maximum absolute atomic E-state index is 10.6. The molecule has 0 aromatic carbocycles. The molecule has 1 N–H and O–H groups in total. The van der Waals surface area contributed by atoms with Crippen LogP contribution in [0.2, 0.25) is 0 Å². The Morgan fingerprint density at radius 3 is 2.59 bits per heavy atom. The van der Waals surface area contributed by atoms with Gasteiger partial charge in [0.15, 0.2) is 0 Å². The molecule has 0 heterocycles. The van der Waals surface area contributed by atoms with Crippen molar-refractivity contribution in [2.24, 2.45) is 16.3 Å². The second-order valence-electron chi connectivity index (χ2n) is 3.78. The lowest BCUT2D eigenvalue weighted by Crippen LogP contribution is -2.14. The molecule has 2 atom stereocenters. The zero-order valence-electron chi connectivity index (χ0n) is 10.1. The Kier molecular flexibility index (Phi) is 8.46. The van der Waals surface area contributed by atoms with Gasteiger partial charge in [-0.3, -0.25) is 0 Å². The van der Waals surface area contributed by atoms with Gasteiger partial charge in [0.2, 0.25) is 0 Å². The Hall–Kier alpha value is -1.78. The van der Waals surface area contributed by atoms with Crippen LogP contribution in [0.5, 0.6) is 0 Å². The first-order valence-corrected chi connectivity index (χ1v) is 5.43. The highest BCUT2D eigenvalue weighted by atomic mass is 16.3. The first kappa shape index (κ1) is 15.2. The Morgan fingerprint density at radius 1 is 1.35 bits per heavy atom. The van der Waals surface area contributed by atoms with E-state index in [0.717, 1.165) is 11.8 Å². The minimum atomic E-state index is -0.426. The van der Waals surface area contributed by atoms with E-state index in [1.807, 2.05) is 26.0 Å². The normalized spacial score (nSPS) is 16.2. The monoisotopic (exact) mass is 238 g/mol. The van der Waals surface area contributed by atoms with E-state index >= 15 is 0 Å². The molecule has 0 aliphatic rings. The molecule has 0 radical (unpaired) electrons. The molecule has 94 valence electrons. The summed E-state index contributed by atoms with van der Waals surface area (Å²) >= 11 is 0. The highest BCUT2D eigenvalue weighted by Crippen LogP contribution is 2.15. The maximum atomic E-state index is 10.6. The van der Waals surface area contributed by atoms with Gasteiger partial charge >= 0.3 is 0 Å². The van der Waals surface area contributed by atoms with Crippen LogP contribution in [-0.4, -0.2) is 17.7 Å². The van der Waals surface area contributed by atoms with Crippen molar-refractivity contribution in [3.8, 4) is 0 Å². The van der Waals surface area contributed by atoms with Crippen molar-refractivity contribution >= 4 is 0 Å². The number of nitrogens with zero attached hydrogens (tertiary/aromatic N) is 2. The molecule has 0 unspecified atom stereocenters. The topological polar surface area (TPSA) is 79.1 Å².